The van der Waals surface area contributed by atoms with Crippen LogP contribution in [-0.4, -0.2) is 15.3 Å². The van der Waals surface area contributed by atoms with Crippen LogP contribution in [0, 0.1) is 13.8 Å². The zero-order valence-corrected chi connectivity index (χ0v) is 13.9. The monoisotopic (exact) mass is 321 g/mol. The maximum atomic E-state index is 12.9. The van der Waals surface area contributed by atoms with Gasteiger partial charge in [-0.2, -0.15) is 0 Å². The molecule has 3 aromatic rings. The molecular weight excluding hydrogens is 302 g/mol. The maximum Gasteiger partial charge on any atom is 0.295 e. The van der Waals surface area contributed by atoms with Crippen LogP contribution in [0.15, 0.2) is 59.4 Å². The van der Waals surface area contributed by atoms with E-state index in [0.29, 0.717) is 11.4 Å². The molecule has 0 radical (unpaired) electrons. The summed E-state index contributed by atoms with van der Waals surface area (Å²) in [4.78, 5) is 24.4. The van der Waals surface area contributed by atoms with E-state index in [2.05, 4.69) is 5.32 Å². The van der Waals surface area contributed by atoms with Gasteiger partial charge in [0, 0.05) is 6.92 Å². The molecule has 0 spiro atoms. The first-order chi connectivity index (χ1) is 11.5. The number of anilines is 1. The van der Waals surface area contributed by atoms with Crippen molar-refractivity contribution in [2.45, 2.75) is 20.8 Å². The van der Waals surface area contributed by atoms with Crippen molar-refractivity contribution < 1.29 is 4.79 Å². The van der Waals surface area contributed by atoms with E-state index < -0.39 is 0 Å². The fourth-order valence-electron chi connectivity index (χ4n) is 2.72. The van der Waals surface area contributed by atoms with Gasteiger partial charge in [-0.1, -0.05) is 35.9 Å². The zero-order chi connectivity index (χ0) is 17.3. The first kappa shape index (κ1) is 15.8. The van der Waals surface area contributed by atoms with Crippen LogP contribution in [0.2, 0.25) is 0 Å². The third-order valence-electron chi connectivity index (χ3n) is 3.87. The van der Waals surface area contributed by atoms with Crippen LogP contribution in [-0.2, 0) is 4.79 Å². The number of nitrogens with zero attached hydrogens (tertiary/aromatic N) is 2. The summed E-state index contributed by atoms with van der Waals surface area (Å²) < 4.78 is 3.40. The van der Waals surface area contributed by atoms with E-state index in [0.717, 1.165) is 16.9 Å². The number of hydrogen-bond acceptors (Lipinski definition) is 2. The third kappa shape index (κ3) is 2.76. The molecule has 0 aliphatic heterocycles. The smallest absolute Gasteiger partial charge is 0.295 e. The van der Waals surface area contributed by atoms with Gasteiger partial charge in [-0.05, 0) is 38.1 Å². The van der Waals surface area contributed by atoms with Gasteiger partial charge in [0.15, 0.2) is 0 Å². The van der Waals surface area contributed by atoms with Gasteiger partial charge in [-0.3, -0.25) is 9.59 Å². The summed E-state index contributed by atoms with van der Waals surface area (Å²) in [7, 11) is 0. The van der Waals surface area contributed by atoms with Crippen molar-refractivity contribution >= 4 is 11.6 Å². The molecular formula is C19H19N3O2. The molecule has 3 rings (SSSR count). The van der Waals surface area contributed by atoms with Crippen molar-refractivity contribution in [2.24, 2.45) is 0 Å². The molecule has 1 amide bonds. The largest absolute Gasteiger partial charge is 0.320 e. The molecule has 0 aliphatic rings. The summed E-state index contributed by atoms with van der Waals surface area (Å²) in [6, 6.07) is 17.3. The maximum absolute atomic E-state index is 12.9. The number of rotatable bonds is 3. The molecule has 5 nitrogen and oxygen atoms in total. The lowest BCUT2D eigenvalue weighted by Crippen LogP contribution is -2.22. The minimum absolute atomic E-state index is 0.255. The molecule has 0 unspecified atom stereocenters. The number of hydrogen-bond donors (Lipinski definition) is 1. The van der Waals surface area contributed by atoms with E-state index in [1.54, 1.807) is 4.68 Å². The van der Waals surface area contributed by atoms with Crippen molar-refractivity contribution in [1.29, 1.82) is 0 Å². The van der Waals surface area contributed by atoms with Crippen LogP contribution >= 0.6 is 0 Å². The fraction of sp³-hybridized carbons (Fsp3) is 0.158. The van der Waals surface area contributed by atoms with E-state index in [-0.39, 0.29) is 11.5 Å². The van der Waals surface area contributed by atoms with Gasteiger partial charge in [0.2, 0.25) is 5.91 Å². The van der Waals surface area contributed by atoms with Crippen molar-refractivity contribution in [1.82, 2.24) is 9.36 Å². The van der Waals surface area contributed by atoms with Crippen molar-refractivity contribution in [3.05, 3.63) is 76.2 Å². The Morgan fingerprint density at radius 1 is 0.875 bits per heavy atom. The van der Waals surface area contributed by atoms with E-state index in [1.807, 2.05) is 73.1 Å². The first-order valence-electron chi connectivity index (χ1n) is 7.73. The van der Waals surface area contributed by atoms with Crippen LogP contribution in [0.5, 0.6) is 0 Å². The van der Waals surface area contributed by atoms with Crippen LogP contribution in [0.4, 0.5) is 5.69 Å². The first-order valence-corrected chi connectivity index (χ1v) is 7.73. The standard InChI is InChI=1S/C19H19N3O2/c1-13-9-11-17(12-10-13)21-14(2)18(20-15(3)23)19(24)22(21)16-7-5-4-6-8-16/h4-12H,1-3H3,(H,20,23). The molecule has 24 heavy (non-hydrogen) atoms. The summed E-state index contributed by atoms with van der Waals surface area (Å²) in [5, 5.41) is 2.66. The Morgan fingerprint density at radius 2 is 1.46 bits per heavy atom. The number of amides is 1. The van der Waals surface area contributed by atoms with Gasteiger partial charge in [0.05, 0.1) is 17.1 Å². The highest BCUT2D eigenvalue weighted by molar-refractivity contribution is 5.89. The van der Waals surface area contributed by atoms with E-state index in [4.69, 9.17) is 0 Å². The van der Waals surface area contributed by atoms with Crippen LogP contribution in [0.1, 0.15) is 18.2 Å². The number of benzene rings is 2. The van der Waals surface area contributed by atoms with Gasteiger partial charge < -0.3 is 5.32 Å². The third-order valence-corrected chi connectivity index (χ3v) is 3.87. The lowest BCUT2D eigenvalue weighted by Gasteiger charge is -2.13. The fourth-order valence-corrected chi connectivity index (χ4v) is 2.72. The predicted octanol–water partition coefficient (Wildman–Crippen LogP) is 3.20. The molecule has 0 saturated heterocycles. The molecule has 0 atom stereocenters. The minimum Gasteiger partial charge on any atom is -0.320 e. The molecule has 0 fully saturated rings. The van der Waals surface area contributed by atoms with E-state index in [1.165, 1.54) is 6.92 Å². The quantitative estimate of drug-likeness (QED) is 0.805. The second kappa shape index (κ2) is 6.20. The van der Waals surface area contributed by atoms with Crippen molar-refractivity contribution in [3.8, 4) is 11.4 Å². The second-order valence-corrected chi connectivity index (χ2v) is 5.74. The lowest BCUT2D eigenvalue weighted by atomic mass is 10.2. The van der Waals surface area contributed by atoms with E-state index in [9.17, 15) is 9.59 Å². The predicted molar refractivity (Wildman–Crippen MR) is 95.1 cm³/mol. The highest BCUT2D eigenvalue weighted by atomic mass is 16.2. The molecule has 0 bridgehead atoms. The number of aryl methyl sites for hydroxylation is 1. The minimum atomic E-state index is -0.267. The Morgan fingerprint density at radius 3 is 2.04 bits per heavy atom. The Kier molecular flexibility index (Phi) is 4.08. The number of nitrogens with one attached hydrogen (secondary N) is 1. The summed E-state index contributed by atoms with van der Waals surface area (Å²) in [6.45, 7) is 5.24. The summed E-state index contributed by atoms with van der Waals surface area (Å²) >= 11 is 0. The van der Waals surface area contributed by atoms with Crippen LogP contribution in [0.3, 0.4) is 0 Å². The molecule has 2 aromatic carbocycles. The van der Waals surface area contributed by atoms with Crippen LogP contribution < -0.4 is 10.9 Å². The van der Waals surface area contributed by atoms with Gasteiger partial charge in [0.1, 0.15) is 5.69 Å². The summed E-state index contributed by atoms with van der Waals surface area (Å²) in [5.74, 6) is -0.267. The zero-order valence-electron chi connectivity index (χ0n) is 13.9. The van der Waals surface area contributed by atoms with Gasteiger partial charge in [-0.15, -0.1) is 0 Å². The average molecular weight is 321 g/mol. The number of carbonyl (C=O) groups is 1. The van der Waals surface area contributed by atoms with Gasteiger partial charge in [-0.25, -0.2) is 9.36 Å². The molecule has 0 aliphatic carbocycles. The molecule has 122 valence electrons. The highest BCUT2D eigenvalue weighted by Gasteiger charge is 2.20. The Bertz CT molecular complexity index is 935. The number of carbonyl (C=O) groups excluding carboxylic acids is 1. The Labute approximate surface area is 140 Å². The summed E-state index contributed by atoms with van der Waals surface area (Å²) in [5.41, 5.74) is 3.46. The average Bonchev–Trinajstić information content (AvgIpc) is 2.81. The molecule has 1 N–H and O–H groups in total. The molecule has 1 aromatic heterocycles. The van der Waals surface area contributed by atoms with Gasteiger partial charge >= 0.3 is 0 Å². The molecule has 0 saturated carbocycles. The second-order valence-electron chi connectivity index (χ2n) is 5.74. The van der Waals surface area contributed by atoms with Crippen LogP contribution in [0.25, 0.3) is 11.4 Å². The summed E-state index contributed by atoms with van der Waals surface area (Å²) in [6.07, 6.45) is 0. The van der Waals surface area contributed by atoms with E-state index >= 15 is 0 Å². The van der Waals surface area contributed by atoms with Gasteiger partial charge in [0.25, 0.3) is 5.56 Å². The van der Waals surface area contributed by atoms with Crippen molar-refractivity contribution in [3.63, 3.8) is 0 Å². The normalized spacial score (nSPS) is 10.6. The Hall–Kier alpha value is -3.08. The molecule has 1 heterocycles. The highest BCUT2D eigenvalue weighted by Crippen LogP contribution is 2.20. The van der Waals surface area contributed by atoms with Crippen molar-refractivity contribution in [2.75, 3.05) is 5.32 Å². The number of aromatic nitrogens is 2. The Balaban J connectivity index is 2.32. The SMILES string of the molecule is CC(=O)Nc1c(C)n(-c2ccc(C)cc2)n(-c2ccccc2)c1=O. The molecule has 5 heteroatoms. The number of para-hydroxylation sites is 1. The topological polar surface area (TPSA) is 56.0 Å². The lowest BCUT2D eigenvalue weighted by molar-refractivity contribution is -0.114.